The van der Waals surface area contributed by atoms with Gasteiger partial charge < -0.3 is 44.6 Å². The minimum Gasteiger partial charge on any atom is -0.393 e. The average molecular weight is 614 g/mol. The number of hydrogen-bond acceptors (Lipinski definition) is 11. The van der Waals surface area contributed by atoms with Crippen LogP contribution in [0.3, 0.4) is 0 Å². The summed E-state index contributed by atoms with van der Waals surface area (Å²) < 4.78 is 30.5. The van der Waals surface area contributed by atoms with E-state index in [0.717, 1.165) is 31.2 Å². The summed E-state index contributed by atoms with van der Waals surface area (Å²) in [6, 6.07) is 9.17. The number of halogens is 1. The topological polar surface area (TPSA) is 202 Å². The van der Waals surface area contributed by atoms with Gasteiger partial charge in [0.15, 0.2) is 11.9 Å². The highest BCUT2D eigenvalue weighted by atomic mass is 35.5. The van der Waals surface area contributed by atoms with E-state index < -0.39 is 57.3 Å². The van der Waals surface area contributed by atoms with Gasteiger partial charge in [-0.3, -0.25) is 4.57 Å². The molecule has 14 nitrogen and oxygen atoms in total. The first kappa shape index (κ1) is 30.2. The Hall–Kier alpha value is -2.23. The van der Waals surface area contributed by atoms with Gasteiger partial charge in [-0.2, -0.15) is 15.1 Å². The van der Waals surface area contributed by atoms with Gasteiger partial charge in [0.05, 0.1) is 38.0 Å². The maximum atomic E-state index is 12.4. The monoisotopic (exact) mass is 613 g/mol. The van der Waals surface area contributed by atoms with Crippen LogP contribution < -0.4 is 5.32 Å². The molecule has 2 aromatic heterocycles. The van der Waals surface area contributed by atoms with E-state index in [1.165, 1.54) is 10.9 Å². The van der Waals surface area contributed by atoms with E-state index in [1.807, 2.05) is 6.07 Å². The van der Waals surface area contributed by atoms with Crippen LogP contribution in [0.4, 0.5) is 5.82 Å². The number of benzene rings is 1. The van der Waals surface area contributed by atoms with Crippen LogP contribution >= 0.6 is 19.2 Å². The van der Waals surface area contributed by atoms with E-state index in [9.17, 15) is 29.7 Å². The van der Waals surface area contributed by atoms with E-state index >= 15 is 0 Å². The maximum absolute atomic E-state index is 12.4. The number of hydrogen-bond donors (Lipinski definition) is 6. The van der Waals surface area contributed by atoms with Gasteiger partial charge in [0.2, 0.25) is 10.6 Å². The van der Waals surface area contributed by atoms with Crippen LogP contribution in [0.2, 0.25) is 5.28 Å². The summed E-state index contributed by atoms with van der Waals surface area (Å²) in [6.45, 7) is -2.29. The van der Waals surface area contributed by atoms with Gasteiger partial charge in [-0.1, -0.05) is 43.2 Å². The molecule has 2 fully saturated rings. The van der Waals surface area contributed by atoms with Crippen molar-refractivity contribution in [1.82, 2.24) is 19.7 Å². The second-order valence-corrected chi connectivity index (χ2v) is 12.5. The molecule has 6 N–H and O–H groups in total. The van der Waals surface area contributed by atoms with Crippen molar-refractivity contribution in [1.29, 1.82) is 0 Å². The van der Waals surface area contributed by atoms with Gasteiger partial charge >= 0.3 is 7.60 Å². The van der Waals surface area contributed by atoms with Crippen LogP contribution in [0.5, 0.6) is 0 Å². The number of fused-ring (bicyclic) bond motifs is 1. The van der Waals surface area contributed by atoms with E-state index in [1.54, 1.807) is 24.3 Å². The van der Waals surface area contributed by atoms with Gasteiger partial charge in [0.25, 0.3) is 0 Å². The fraction of sp³-hybridized carbons (Fsp3) is 0.560. The van der Waals surface area contributed by atoms with E-state index in [0.29, 0.717) is 11.2 Å². The first-order chi connectivity index (χ1) is 19.6. The van der Waals surface area contributed by atoms with Crippen LogP contribution in [0.1, 0.15) is 37.5 Å². The molecule has 0 bridgehead atoms. The Morgan fingerprint density at radius 3 is 2.56 bits per heavy atom. The molecule has 16 heteroatoms. The van der Waals surface area contributed by atoms with Crippen molar-refractivity contribution in [2.45, 2.75) is 68.2 Å². The van der Waals surface area contributed by atoms with Gasteiger partial charge in [-0.05, 0) is 30.0 Å². The molecule has 224 valence electrons. The summed E-state index contributed by atoms with van der Waals surface area (Å²) in [7, 11) is -5.09. The predicted octanol–water partition coefficient (Wildman–Crippen LogP) is 1.55. The van der Waals surface area contributed by atoms with Crippen LogP contribution in [0, 0.1) is 0 Å². The van der Waals surface area contributed by atoms with E-state index in [-0.39, 0.29) is 23.6 Å². The summed E-state index contributed by atoms with van der Waals surface area (Å²) >= 11 is 6.19. The summed E-state index contributed by atoms with van der Waals surface area (Å²) in [6.07, 6.45) is 0.230. The lowest BCUT2D eigenvalue weighted by atomic mass is 10.1. The molecule has 5 atom stereocenters. The van der Waals surface area contributed by atoms with Crippen molar-refractivity contribution in [2.75, 3.05) is 25.1 Å². The van der Waals surface area contributed by atoms with E-state index in [4.69, 9.17) is 25.8 Å². The number of aromatic nitrogens is 4. The quantitative estimate of drug-likeness (QED) is 0.127. The number of nitrogens with zero attached hydrogens (tertiary/aromatic N) is 4. The smallest absolute Gasteiger partial charge is 0.361 e. The Labute approximate surface area is 240 Å². The minimum atomic E-state index is -5.09. The summed E-state index contributed by atoms with van der Waals surface area (Å²) in [4.78, 5) is 28.6. The fourth-order valence-corrected chi connectivity index (χ4v) is 5.91. The molecular weight excluding hydrogens is 581 g/mol. The highest BCUT2D eigenvalue weighted by molar-refractivity contribution is 7.53. The third kappa shape index (κ3) is 6.42. The Morgan fingerprint density at radius 2 is 1.88 bits per heavy atom. The molecule has 1 saturated carbocycles. The normalized spacial score (nSPS) is 25.1. The van der Waals surface area contributed by atoms with Crippen molar-refractivity contribution in [3.63, 3.8) is 0 Å². The zero-order valence-electron chi connectivity index (χ0n) is 22.0. The first-order valence-corrected chi connectivity index (χ1v) is 15.2. The van der Waals surface area contributed by atoms with Gasteiger partial charge in [-0.15, -0.1) is 0 Å². The molecular formula is C25H33ClN5O9P. The van der Waals surface area contributed by atoms with Crippen molar-refractivity contribution in [2.24, 2.45) is 0 Å². The molecule has 3 aromatic rings. The Balaban J connectivity index is 1.30. The highest BCUT2D eigenvalue weighted by Crippen LogP contribution is 2.51. The van der Waals surface area contributed by atoms with Crippen LogP contribution in [-0.2, 0) is 25.4 Å². The molecule has 1 unspecified atom stereocenters. The molecule has 5 rings (SSSR count). The number of nitrogens with one attached hydrogen (secondary N) is 1. The molecule has 0 radical (unpaired) electrons. The van der Waals surface area contributed by atoms with Crippen molar-refractivity contribution in [3.8, 4) is 0 Å². The third-order valence-electron chi connectivity index (χ3n) is 7.43. The summed E-state index contributed by atoms with van der Waals surface area (Å²) in [5.41, 5.74) is 1.01. The minimum absolute atomic E-state index is 0.0175. The standard InChI is InChI=1S/C25H33ClN5O9P/c26-24-29-21(28-16-8-4-5-9-16)17-10-27-31(22(17)30-24)23-20(34)19(33)18(40-23)12-39-25(13-32,41(35,36)37)14-38-11-15-6-2-1-3-7-15/h1-3,6-7,10,16,18-20,23,32-34H,4-5,8-9,11-14H2,(H,28,29,30)(H2,35,36,37)/t18?,19-,20-,23-,25+/m1/s1. The largest absolute Gasteiger partial charge is 0.393 e. The van der Waals surface area contributed by atoms with Crippen molar-refractivity contribution < 1.29 is 43.9 Å². The van der Waals surface area contributed by atoms with Gasteiger partial charge in [-0.25, -0.2) is 4.68 Å². The molecule has 1 saturated heterocycles. The maximum Gasteiger partial charge on any atom is 0.361 e. The van der Waals surface area contributed by atoms with Crippen LogP contribution in [0.15, 0.2) is 36.5 Å². The first-order valence-electron chi connectivity index (χ1n) is 13.2. The Kier molecular flexibility index (Phi) is 9.26. The number of aliphatic hydroxyl groups is 3. The fourth-order valence-electron chi connectivity index (χ4n) is 5.06. The lowest BCUT2D eigenvalue weighted by molar-refractivity contribution is -0.131. The lowest BCUT2D eigenvalue weighted by Crippen LogP contribution is -2.45. The highest BCUT2D eigenvalue weighted by Gasteiger charge is 2.51. The molecule has 0 spiro atoms. The zero-order chi connectivity index (χ0) is 29.2. The molecule has 1 aliphatic heterocycles. The van der Waals surface area contributed by atoms with Crippen molar-refractivity contribution >= 4 is 36.0 Å². The Morgan fingerprint density at radius 1 is 1.15 bits per heavy atom. The second kappa shape index (κ2) is 12.6. The molecule has 0 amide bonds. The molecule has 3 heterocycles. The third-order valence-corrected chi connectivity index (χ3v) is 9.06. The zero-order valence-corrected chi connectivity index (χ0v) is 23.6. The molecule has 1 aromatic carbocycles. The van der Waals surface area contributed by atoms with Crippen molar-refractivity contribution in [3.05, 3.63) is 47.4 Å². The number of ether oxygens (including phenoxy) is 3. The number of aliphatic hydroxyl groups excluding tert-OH is 3. The lowest BCUT2D eigenvalue weighted by Gasteiger charge is -2.33. The Bertz CT molecular complexity index is 1370. The molecule has 2 aliphatic rings. The number of anilines is 1. The number of rotatable bonds is 12. The summed E-state index contributed by atoms with van der Waals surface area (Å²) in [5.74, 6) is 0.496. The van der Waals surface area contributed by atoms with Gasteiger partial charge in [0.1, 0.15) is 24.1 Å². The van der Waals surface area contributed by atoms with E-state index in [2.05, 4.69) is 20.4 Å². The van der Waals surface area contributed by atoms with Crippen LogP contribution in [0.25, 0.3) is 11.0 Å². The summed E-state index contributed by atoms with van der Waals surface area (Å²) in [5, 5.41) is 37.3. The van der Waals surface area contributed by atoms with Gasteiger partial charge in [0, 0.05) is 6.04 Å². The SMILES string of the molecule is O=P(O)(O)[C@@](CO)(COCc1ccccc1)OCC1O[C@@H](n2ncc3c(NC4CCCC4)nc(Cl)nc32)[C@H](O)[C@@H]1O. The average Bonchev–Trinajstić information content (AvgIpc) is 3.67. The predicted molar refractivity (Wildman–Crippen MR) is 146 cm³/mol. The molecule has 41 heavy (non-hydrogen) atoms. The van der Waals surface area contributed by atoms with Crippen LogP contribution in [-0.4, -0.2) is 94.4 Å². The molecule has 1 aliphatic carbocycles. The second-order valence-electron chi connectivity index (χ2n) is 10.3.